The Balaban J connectivity index is 1.97. The zero-order chi connectivity index (χ0) is 22.9. The molecule has 0 radical (unpaired) electrons. The van der Waals surface area contributed by atoms with E-state index in [0.717, 1.165) is 16.3 Å². The first kappa shape index (κ1) is 23.3. The molecular formula is C20H21Cl2N5O3S. The van der Waals surface area contributed by atoms with Crippen molar-refractivity contribution in [1.29, 1.82) is 0 Å². The van der Waals surface area contributed by atoms with Crippen molar-refractivity contribution in [1.82, 2.24) is 19.1 Å². The molecule has 11 heteroatoms. The summed E-state index contributed by atoms with van der Waals surface area (Å²) in [4.78, 5) is 46.7. The number of halogens is 2. The maximum atomic E-state index is 12.9. The van der Waals surface area contributed by atoms with Crippen LogP contribution in [0.3, 0.4) is 0 Å². The Bertz CT molecular complexity index is 1290. The van der Waals surface area contributed by atoms with Crippen LogP contribution in [0.5, 0.6) is 0 Å². The zero-order valence-corrected chi connectivity index (χ0v) is 19.7. The van der Waals surface area contributed by atoms with Gasteiger partial charge in [-0.3, -0.25) is 18.7 Å². The fraction of sp³-hybridized carbons (Fsp3) is 0.350. The first-order valence-electron chi connectivity index (χ1n) is 9.44. The number of carbonyl (C=O) groups excluding carboxylic acids is 1. The average molecular weight is 482 g/mol. The molecule has 1 N–H and O–H groups in total. The number of thioether (sulfide) groups is 1. The van der Waals surface area contributed by atoms with Gasteiger partial charge < -0.3 is 5.32 Å². The largest absolute Gasteiger partial charge is 0.332 e. The predicted molar refractivity (Wildman–Crippen MR) is 124 cm³/mol. The lowest BCUT2D eigenvalue weighted by atomic mass is 10.2. The molecule has 0 aliphatic rings. The molecule has 0 spiro atoms. The fourth-order valence-corrected chi connectivity index (χ4v) is 4.30. The van der Waals surface area contributed by atoms with Crippen LogP contribution in [0.15, 0.2) is 32.8 Å². The third kappa shape index (κ3) is 5.11. The maximum Gasteiger partial charge on any atom is 0.332 e. The molecule has 164 valence electrons. The summed E-state index contributed by atoms with van der Waals surface area (Å²) in [7, 11) is 1.42. The summed E-state index contributed by atoms with van der Waals surface area (Å²) in [6, 6.07) is 4.76. The number of hydrogen-bond acceptors (Lipinski definition) is 6. The van der Waals surface area contributed by atoms with Gasteiger partial charge in [-0.05, 0) is 31.0 Å². The second-order valence-corrected chi connectivity index (χ2v) is 9.19. The fourth-order valence-electron chi connectivity index (χ4n) is 2.99. The average Bonchev–Trinajstić information content (AvgIpc) is 2.69. The van der Waals surface area contributed by atoms with Gasteiger partial charge >= 0.3 is 5.69 Å². The summed E-state index contributed by atoms with van der Waals surface area (Å²) >= 11 is 13.1. The Morgan fingerprint density at radius 1 is 1.23 bits per heavy atom. The Morgan fingerprint density at radius 2 is 1.94 bits per heavy atom. The molecule has 31 heavy (non-hydrogen) atoms. The minimum Gasteiger partial charge on any atom is -0.324 e. The first-order chi connectivity index (χ1) is 14.6. The van der Waals surface area contributed by atoms with E-state index in [2.05, 4.69) is 15.3 Å². The smallest absolute Gasteiger partial charge is 0.324 e. The van der Waals surface area contributed by atoms with Crippen molar-refractivity contribution in [2.45, 2.75) is 32.3 Å². The van der Waals surface area contributed by atoms with Gasteiger partial charge in [0.25, 0.3) is 5.56 Å². The number of rotatable bonds is 6. The summed E-state index contributed by atoms with van der Waals surface area (Å²) in [5.74, 6) is 0.226. The third-order valence-electron chi connectivity index (χ3n) is 4.35. The molecule has 0 atom stereocenters. The molecule has 0 aliphatic carbocycles. The molecule has 0 unspecified atom stereocenters. The zero-order valence-electron chi connectivity index (χ0n) is 17.4. The Morgan fingerprint density at radius 3 is 2.58 bits per heavy atom. The standard InChI is InChI=1S/C20H21Cl2N5O3S/c1-10(2)8-27-17-16(19(29)26(4)20(27)30)18(24-11(3)23-17)31-9-15(28)25-14-6-5-12(21)7-13(14)22/h5-7,10H,8-9H2,1-4H3,(H,25,28). The first-order valence-corrected chi connectivity index (χ1v) is 11.2. The monoisotopic (exact) mass is 481 g/mol. The molecule has 1 aromatic carbocycles. The van der Waals surface area contributed by atoms with Crippen LogP contribution in [0.4, 0.5) is 5.69 Å². The predicted octanol–water partition coefficient (Wildman–Crippen LogP) is 3.49. The van der Waals surface area contributed by atoms with Crippen LogP contribution in [0, 0.1) is 12.8 Å². The highest BCUT2D eigenvalue weighted by Crippen LogP contribution is 2.27. The second-order valence-electron chi connectivity index (χ2n) is 7.39. The lowest BCUT2D eigenvalue weighted by Crippen LogP contribution is -2.39. The van der Waals surface area contributed by atoms with Crippen LogP contribution >= 0.6 is 35.0 Å². The van der Waals surface area contributed by atoms with Crippen molar-refractivity contribution in [3.8, 4) is 0 Å². The molecule has 3 aromatic rings. The molecule has 1 amide bonds. The van der Waals surface area contributed by atoms with E-state index in [9.17, 15) is 14.4 Å². The second kappa shape index (κ2) is 9.42. The van der Waals surface area contributed by atoms with E-state index in [4.69, 9.17) is 23.2 Å². The van der Waals surface area contributed by atoms with Gasteiger partial charge in [-0.25, -0.2) is 14.8 Å². The highest BCUT2D eigenvalue weighted by molar-refractivity contribution is 8.00. The number of amides is 1. The molecule has 0 saturated heterocycles. The number of aryl methyl sites for hydroxylation is 1. The van der Waals surface area contributed by atoms with E-state index in [1.54, 1.807) is 19.1 Å². The normalized spacial score (nSPS) is 11.3. The van der Waals surface area contributed by atoms with Crippen LogP contribution in [0.2, 0.25) is 10.0 Å². The number of hydrogen-bond donors (Lipinski definition) is 1. The van der Waals surface area contributed by atoms with Crippen molar-refractivity contribution in [2.75, 3.05) is 11.1 Å². The molecule has 2 aromatic heterocycles. The summed E-state index contributed by atoms with van der Waals surface area (Å²) in [5.41, 5.74) is -0.223. The summed E-state index contributed by atoms with van der Waals surface area (Å²) in [6.45, 7) is 6.02. The number of aromatic nitrogens is 4. The van der Waals surface area contributed by atoms with Crippen molar-refractivity contribution >= 4 is 57.6 Å². The quantitative estimate of drug-likeness (QED) is 0.427. The number of nitrogens with zero attached hydrogens (tertiary/aromatic N) is 4. The van der Waals surface area contributed by atoms with E-state index >= 15 is 0 Å². The van der Waals surface area contributed by atoms with Crippen molar-refractivity contribution in [2.24, 2.45) is 13.0 Å². The Hall–Kier alpha value is -2.36. The van der Waals surface area contributed by atoms with Crippen LogP contribution in [-0.4, -0.2) is 30.8 Å². The number of fused-ring (bicyclic) bond motifs is 1. The molecule has 2 heterocycles. The number of nitrogens with one attached hydrogen (secondary N) is 1. The van der Waals surface area contributed by atoms with E-state index < -0.39 is 11.2 Å². The van der Waals surface area contributed by atoms with Gasteiger partial charge in [0, 0.05) is 18.6 Å². The summed E-state index contributed by atoms with van der Waals surface area (Å²) < 4.78 is 2.52. The number of benzene rings is 1. The molecule has 0 saturated carbocycles. The minimum atomic E-state index is -0.497. The van der Waals surface area contributed by atoms with Gasteiger partial charge in [0.2, 0.25) is 5.91 Å². The Kier molecular flexibility index (Phi) is 7.08. The maximum absolute atomic E-state index is 12.9. The Labute approximate surface area is 192 Å². The molecule has 0 fully saturated rings. The molecular weight excluding hydrogens is 461 g/mol. The molecule has 3 rings (SSSR count). The van der Waals surface area contributed by atoms with Crippen molar-refractivity contribution in [3.05, 3.63) is 54.9 Å². The minimum absolute atomic E-state index is 0.0169. The lowest BCUT2D eigenvalue weighted by Gasteiger charge is -2.15. The lowest BCUT2D eigenvalue weighted by molar-refractivity contribution is -0.113. The number of anilines is 1. The van der Waals surface area contributed by atoms with Crippen molar-refractivity contribution < 1.29 is 4.79 Å². The van der Waals surface area contributed by atoms with Crippen molar-refractivity contribution in [3.63, 3.8) is 0 Å². The van der Waals surface area contributed by atoms with E-state index in [1.165, 1.54) is 17.7 Å². The van der Waals surface area contributed by atoms with Gasteiger partial charge in [-0.2, -0.15) is 0 Å². The number of carbonyl (C=O) groups is 1. The highest BCUT2D eigenvalue weighted by atomic mass is 35.5. The molecule has 0 bridgehead atoms. The van der Waals surface area contributed by atoms with E-state index in [0.29, 0.717) is 33.1 Å². The van der Waals surface area contributed by atoms with Crippen LogP contribution < -0.4 is 16.6 Å². The van der Waals surface area contributed by atoms with Gasteiger partial charge in [-0.1, -0.05) is 48.8 Å². The van der Waals surface area contributed by atoms with Gasteiger partial charge in [0.15, 0.2) is 5.65 Å². The van der Waals surface area contributed by atoms with Crippen LogP contribution in [-0.2, 0) is 18.4 Å². The van der Waals surface area contributed by atoms with Gasteiger partial charge in [0.1, 0.15) is 16.2 Å². The molecule has 0 aliphatic heterocycles. The molecule has 8 nitrogen and oxygen atoms in total. The van der Waals surface area contributed by atoms with E-state index in [1.807, 2.05) is 13.8 Å². The topological polar surface area (TPSA) is 98.9 Å². The summed E-state index contributed by atoms with van der Waals surface area (Å²) in [5, 5.41) is 4.06. The van der Waals surface area contributed by atoms with Gasteiger partial charge in [0.05, 0.1) is 16.5 Å². The third-order valence-corrected chi connectivity index (χ3v) is 5.88. The highest BCUT2D eigenvalue weighted by Gasteiger charge is 2.19. The SMILES string of the molecule is Cc1nc(SCC(=O)Nc2ccc(Cl)cc2Cl)c2c(=O)n(C)c(=O)n(CC(C)C)c2n1. The van der Waals surface area contributed by atoms with Gasteiger partial charge in [-0.15, -0.1) is 0 Å². The summed E-state index contributed by atoms with van der Waals surface area (Å²) in [6.07, 6.45) is 0. The van der Waals surface area contributed by atoms with E-state index in [-0.39, 0.29) is 28.6 Å². The van der Waals surface area contributed by atoms with Crippen LogP contribution in [0.1, 0.15) is 19.7 Å². The van der Waals surface area contributed by atoms with Crippen LogP contribution in [0.25, 0.3) is 11.0 Å².